The molecule has 0 spiro atoms. The van der Waals surface area contributed by atoms with Gasteiger partial charge in [-0.3, -0.25) is 4.79 Å². The molecule has 0 amide bonds. The molecular weight excluding hydrogens is 721 g/mol. The summed E-state index contributed by atoms with van der Waals surface area (Å²) in [6.07, 6.45) is 39.3. The van der Waals surface area contributed by atoms with Crippen molar-refractivity contribution in [2.75, 3.05) is 26.4 Å². The molecule has 0 radical (unpaired) electrons. The van der Waals surface area contributed by atoms with Crippen LogP contribution < -0.4 is 0 Å². The van der Waals surface area contributed by atoms with Crippen LogP contribution in [0.5, 0.6) is 0 Å². The molecule has 0 bridgehead atoms. The second-order valence-corrected chi connectivity index (χ2v) is 16.6. The molecule has 0 aromatic heterocycles. The number of aliphatic hydroxyl groups excluding tert-OH is 4. The molecule has 57 heavy (non-hydrogen) atoms. The monoisotopic (exact) mass is 811 g/mol. The van der Waals surface area contributed by atoms with E-state index in [1.54, 1.807) is 0 Å². The number of rotatable bonds is 41. The first-order valence-electron chi connectivity index (χ1n) is 23.9. The number of unbranched alkanes of at least 4 members (excludes halogenated alkanes) is 26. The highest BCUT2D eigenvalue weighted by atomic mass is 16.7. The number of esters is 1. The SMILES string of the molecule is CCC/C=C\C/C=C\CCCCCCCC(=O)OC(COCCCCCCCCCCCCCCCCCCCCCCC)COC1OC(CO)C(O)C(O)C1O. The molecule has 1 aliphatic rings. The highest BCUT2D eigenvalue weighted by Gasteiger charge is 2.44. The number of carbonyl (C=O) groups excluding carboxylic acids is 1. The van der Waals surface area contributed by atoms with E-state index < -0.39 is 43.4 Å². The summed E-state index contributed by atoms with van der Waals surface area (Å²) in [6.45, 7) is 4.51. The van der Waals surface area contributed by atoms with E-state index in [1.807, 2.05) is 0 Å². The van der Waals surface area contributed by atoms with Gasteiger partial charge in [-0.2, -0.15) is 0 Å². The summed E-state index contributed by atoms with van der Waals surface area (Å²) < 4.78 is 22.8. The highest BCUT2D eigenvalue weighted by molar-refractivity contribution is 5.69. The largest absolute Gasteiger partial charge is 0.457 e. The van der Waals surface area contributed by atoms with Crippen LogP contribution in [-0.2, 0) is 23.7 Å². The van der Waals surface area contributed by atoms with Crippen molar-refractivity contribution in [3.8, 4) is 0 Å². The van der Waals surface area contributed by atoms with Crippen molar-refractivity contribution >= 4 is 5.97 Å². The molecule has 336 valence electrons. The van der Waals surface area contributed by atoms with Gasteiger partial charge in [-0.1, -0.05) is 192 Å². The summed E-state index contributed by atoms with van der Waals surface area (Å²) in [5.41, 5.74) is 0. The van der Waals surface area contributed by atoms with Gasteiger partial charge in [-0.05, 0) is 38.5 Å². The Labute approximate surface area is 349 Å². The topological polar surface area (TPSA) is 135 Å². The van der Waals surface area contributed by atoms with Crippen LogP contribution in [0.4, 0.5) is 0 Å². The van der Waals surface area contributed by atoms with Crippen molar-refractivity contribution in [2.24, 2.45) is 0 Å². The van der Waals surface area contributed by atoms with E-state index in [0.717, 1.165) is 64.2 Å². The first kappa shape index (κ1) is 53.7. The van der Waals surface area contributed by atoms with Gasteiger partial charge < -0.3 is 39.4 Å². The fourth-order valence-electron chi connectivity index (χ4n) is 7.35. The van der Waals surface area contributed by atoms with Crippen molar-refractivity contribution in [3.05, 3.63) is 24.3 Å². The Morgan fingerprint density at radius 3 is 1.58 bits per heavy atom. The molecular formula is C48H90O9. The van der Waals surface area contributed by atoms with Crippen molar-refractivity contribution < 1.29 is 44.2 Å². The van der Waals surface area contributed by atoms with Gasteiger partial charge in [0.15, 0.2) is 6.29 Å². The number of ether oxygens (including phenoxy) is 4. The summed E-state index contributed by atoms with van der Waals surface area (Å²) in [7, 11) is 0. The quantitative estimate of drug-likeness (QED) is 0.0270. The molecule has 9 nitrogen and oxygen atoms in total. The Balaban J connectivity index is 2.20. The lowest BCUT2D eigenvalue weighted by Gasteiger charge is -2.39. The van der Waals surface area contributed by atoms with Gasteiger partial charge in [0.2, 0.25) is 0 Å². The number of hydrogen-bond donors (Lipinski definition) is 4. The van der Waals surface area contributed by atoms with E-state index >= 15 is 0 Å². The summed E-state index contributed by atoms with van der Waals surface area (Å²) in [4.78, 5) is 12.8. The molecule has 0 aromatic carbocycles. The van der Waals surface area contributed by atoms with Gasteiger partial charge in [0.05, 0.1) is 19.8 Å². The van der Waals surface area contributed by atoms with Gasteiger partial charge in [0, 0.05) is 13.0 Å². The van der Waals surface area contributed by atoms with Crippen molar-refractivity contribution in [1.82, 2.24) is 0 Å². The maximum absolute atomic E-state index is 12.8. The molecule has 9 heteroatoms. The van der Waals surface area contributed by atoms with Crippen LogP contribution in [-0.4, -0.2) is 89.6 Å². The maximum atomic E-state index is 12.8. The third-order valence-corrected chi connectivity index (χ3v) is 11.1. The van der Waals surface area contributed by atoms with Crippen LogP contribution in [0, 0.1) is 0 Å². The van der Waals surface area contributed by atoms with E-state index in [2.05, 4.69) is 38.2 Å². The standard InChI is InChI=1S/C48H90O9/c1-3-5-7-9-11-13-15-17-18-19-20-21-22-23-24-26-28-30-32-34-36-38-54-40-42(41-55-48-47(53)46(52)45(51)43(39-49)57-48)56-44(50)37-35-33-31-29-27-25-16-14-12-10-8-6-4-2/h8,10,14,16,42-43,45-49,51-53H,3-7,9,11-13,15,17-41H2,1-2H3/b10-8-,16-14-. The molecule has 1 rings (SSSR count). The van der Waals surface area contributed by atoms with Crippen LogP contribution in [0.3, 0.4) is 0 Å². The predicted octanol–water partition coefficient (Wildman–Crippen LogP) is 11.0. The second-order valence-electron chi connectivity index (χ2n) is 16.6. The molecule has 1 saturated heterocycles. The zero-order chi connectivity index (χ0) is 41.4. The fraction of sp³-hybridized carbons (Fsp3) is 0.896. The minimum absolute atomic E-state index is 0.115. The lowest BCUT2D eigenvalue weighted by atomic mass is 9.99. The Morgan fingerprint density at radius 1 is 0.561 bits per heavy atom. The van der Waals surface area contributed by atoms with E-state index in [9.17, 15) is 25.2 Å². The highest BCUT2D eigenvalue weighted by Crippen LogP contribution is 2.23. The van der Waals surface area contributed by atoms with Gasteiger partial charge in [-0.25, -0.2) is 0 Å². The zero-order valence-electron chi connectivity index (χ0n) is 36.9. The van der Waals surface area contributed by atoms with E-state index in [1.165, 1.54) is 128 Å². The molecule has 4 N–H and O–H groups in total. The average Bonchev–Trinajstić information content (AvgIpc) is 3.21. The number of allylic oxidation sites excluding steroid dienone is 4. The van der Waals surface area contributed by atoms with E-state index in [-0.39, 0.29) is 19.2 Å². The van der Waals surface area contributed by atoms with Gasteiger partial charge >= 0.3 is 5.97 Å². The first-order chi connectivity index (χ1) is 27.9. The normalized spacial score (nSPS) is 20.6. The van der Waals surface area contributed by atoms with Crippen LogP contribution in [0.2, 0.25) is 0 Å². The summed E-state index contributed by atoms with van der Waals surface area (Å²) in [5.74, 6) is -0.325. The Kier molecular flexibility index (Phi) is 37.8. The smallest absolute Gasteiger partial charge is 0.306 e. The van der Waals surface area contributed by atoms with Crippen LogP contribution in [0.1, 0.15) is 213 Å². The third-order valence-electron chi connectivity index (χ3n) is 11.1. The van der Waals surface area contributed by atoms with Crippen LogP contribution >= 0.6 is 0 Å². The van der Waals surface area contributed by atoms with Crippen LogP contribution in [0.25, 0.3) is 0 Å². The summed E-state index contributed by atoms with van der Waals surface area (Å²) in [6, 6.07) is 0. The van der Waals surface area contributed by atoms with Gasteiger partial charge in [0.1, 0.15) is 30.5 Å². The number of carbonyl (C=O) groups is 1. The van der Waals surface area contributed by atoms with Gasteiger partial charge in [-0.15, -0.1) is 0 Å². The fourth-order valence-corrected chi connectivity index (χ4v) is 7.35. The zero-order valence-corrected chi connectivity index (χ0v) is 36.9. The number of aliphatic hydroxyl groups is 4. The molecule has 1 heterocycles. The third kappa shape index (κ3) is 31.2. The molecule has 0 saturated carbocycles. The van der Waals surface area contributed by atoms with Gasteiger partial charge in [0.25, 0.3) is 0 Å². The molecule has 0 aliphatic carbocycles. The molecule has 1 fully saturated rings. The molecule has 1 aliphatic heterocycles. The minimum Gasteiger partial charge on any atom is -0.457 e. The van der Waals surface area contributed by atoms with Crippen LogP contribution in [0.15, 0.2) is 24.3 Å². The average molecular weight is 811 g/mol. The lowest BCUT2D eigenvalue weighted by molar-refractivity contribution is -0.305. The molecule has 6 atom stereocenters. The Morgan fingerprint density at radius 2 is 1.05 bits per heavy atom. The van der Waals surface area contributed by atoms with Crippen molar-refractivity contribution in [3.63, 3.8) is 0 Å². The van der Waals surface area contributed by atoms with E-state index in [4.69, 9.17) is 18.9 Å². The molecule has 6 unspecified atom stereocenters. The Bertz CT molecular complexity index is 926. The minimum atomic E-state index is -1.54. The second kappa shape index (κ2) is 40.1. The van der Waals surface area contributed by atoms with Crippen molar-refractivity contribution in [1.29, 1.82) is 0 Å². The van der Waals surface area contributed by atoms with E-state index in [0.29, 0.717) is 13.0 Å². The predicted molar refractivity (Wildman–Crippen MR) is 233 cm³/mol. The number of hydrogen-bond acceptors (Lipinski definition) is 9. The first-order valence-corrected chi connectivity index (χ1v) is 23.9. The maximum Gasteiger partial charge on any atom is 0.306 e. The lowest BCUT2D eigenvalue weighted by Crippen LogP contribution is -2.59. The Hall–Kier alpha value is -1.33. The summed E-state index contributed by atoms with van der Waals surface area (Å²) in [5, 5.41) is 40.1. The molecule has 0 aromatic rings. The summed E-state index contributed by atoms with van der Waals surface area (Å²) >= 11 is 0. The van der Waals surface area contributed by atoms with Crippen molar-refractivity contribution in [2.45, 2.75) is 250 Å².